The first-order valence-electron chi connectivity index (χ1n) is 5.74. The zero-order valence-electron chi connectivity index (χ0n) is 10.6. The normalized spacial score (nSPS) is 12.8. The summed E-state index contributed by atoms with van der Waals surface area (Å²) in [5.74, 6) is -0.163. The molecular weight excluding hydrogens is 284 g/mol. The van der Waals surface area contributed by atoms with Crippen molar-refractivity contribution in [1.29, 1.82) is 0 Å². The van der Waals surface area contributed by atoms with Gasteiger partial charge in [-0.3, -0.25) is 0 Å². The lowest BCUT2D eigenvalue weighted by molar-refractivity contribution is 0.105. The summed E-state index contributed by atoms with van der Waals surface area (Å²) < 4.78 is 57.6. The highest BCUT2D eigenvalue weighted by Crippen LogP contribution is 2.03. The Balaban J connectivity index is 3.95. The van der Waals surface area contributed by atoms with Crippen molar-refractivity contribution in [3.8, 4) is 0 Å². The van der Waals surface area contributed by atoms with E-state index in [1.165, 1.54) is 0 Å². The van der Waals surface area contributed by atoms with E-state index in [0.717, 1.165) is 6.42 Å². The van der Waals surface area contributed by atoms with Gasteiger partial charge in [0.05, 0.1) is 12.4 Å². The van der Waals surface area contributed by atoms with Crippen molar-refractivity contribution >= 4 is 20.5 Å². The highest BCUT2D eigenvalue weighted by molar-refractivity contribution is 7.86. The van der Waals surface area contributed by atoms with Gasteiger partial charge in [0.25, 0.3) is 10.1 Å². The standard InChI is InChI=1S/C9H20O7S2/c1-3-5-7-14-18(12,13)16-9-15-17(10,11)8-6-4-2/h3-9H2,1-2H3. The van der Waals surface area contributed by atoms with Crippen LogP contribution in [0.25, 0.3) is 0 Å². The maximum atomic E-state index is 11.2. The highest BCUT2D eigenvalue weighted by Gasteiger charge is 2.15. The minimum Gasteiger partial charge on any atom is -0.248 e. The number of hydrogen-bond acceptors (Lipinski definition) is 7. The molecule has 7 nitrogen and oxygen atoms in total. The molecule has 0 spiro atoms. The van der Waals surface area contributed by atoms with E-state index in [2.05, 4.69) is 12.5 Å². The van der Waals surface area contributed by atoms with Crippen LogP contribution >= 0.6 is 0 Å². The van der Waals surface area contributed by atoms with Gasteiger partial charge in [0.15, 0.2) is 6.79 Å². The van der Waals surface area contributed by atoms with Crippen LogP contribution in [0.1, 0.15) is 39.5 Å². The lowest BCUT2D eigenvalue weighted by Gasteiger charge is -2.06. The Bertz CT molecular complexity index is 399. The highest BCUT2D eigenvalue weighted by atomic mass is 32.3. The van der Waals surface area contributed by atoms with E-state index >= 15 is 0 Å². The molecule has 0 saturated heterocycles. The number of hydrogen-bond donors (Lipinski definition) is 0. The van der Waals surface area contributed by atoms with E-state index in [9.17, 15) is 16.8 Å². The largest absolute Gasteiger partial charge is 0.402 e. The van der Waals surface area contributed by atoms with Gasteiger partial charge >= 0.3 is 10.4 Å². The molecule has 0 N–H and O–H groups in total. The summed E-state index contributed by atoms with van der Waals surface area (Å²) in [4.78, 5) is 0. The van der Waals surface area contributed by atoms with E-state index in [0.29, 0.717) is 19.3 Å². The van der Waals surface area contributed by atoms with Gasteiger partial charge in [0.2, 0.25) is 0 Å². The average molecular weight is 304 g/mol. The van der Waals surface area contributed by atoms with Gasteiger partial charge in [0, 0.05) is 0 Å². The van der Waals surface area contributed by atoms with Gasteiger partial charge in [-0.2, -0.15) is 16.8 Å². The third-order valence-corrected chi connectivity index (χ3v) is 3.98. The Morgan fingerprint density at radius 1 is 0.833 bits per heavy atom. The Hall–Kier alpha value is -0.220. The molecule has 0 saturated carbocycles. The van der Waals surface area contributed by atoms with Crippen molar-refractivity contribution in [3.63, 3.8) is 0 Å². The van der Waals surface area contributed by atoms with Gasteiger partial charge in [-0.15, -0.1) is 0 Å². The van der Waals surface area contributed by atoms with Gasteiger partial charge in [0.1, 0.15) is 0 Å². The molecule has 0 aliphatic heterocycles. The van der Waals surface area contributed by atoms with Crippen molar-refractivity contribution in [2.75, 3.05) is 19.2 Å². The summed E-state index contributed by atoms with van der Waals surface area (Å²) >= 11 is 0. The minimum atomic E-state index is -4.19. The zero-order valence-corrected chi connectivity index (χ0v) is 12.3. The topological polar surface area (TPSA) is 96.0 Å². The SMILES string of the molecule is CCCCOS(=O)(=O)OCOS(=O)(=O)CCCC. The second-order valence-electron chi connectivity index (χ2n) is 3.55. The Morgan fingerprint density at radius 3 is 2.00 bits per heavy atom. The fourth-order valence-corrected chi connectivity index (χ4v) is 2.44. The van der Waals surface area contributed by atoms with Crippen LogP contribution in [0, 0.1) is 0 Å². The summed E-state index contributed by atoms with van der Waals surface area (Å²) in [5, 5.41) is 0. The first kappa shape index (κ1) is 17.8. The number of unbranched alkanes of at least 4 members (excludes halogenated alkanes) is 2. The van der Waals surface area contributed by atoms with Crippen molar-refractivity contribution in [2.24, 2.45) is 0 Å². The molecule has 0 heterocycles. The summed E-state index contributed by atoms with van der Waals surface area (Å²) in [5.41, 5.74) is 0. The van der Waals surface area contributed by atoms with Crippen LogP contribution in [0.15, 0.2) is 0 Å². The molecule has 0 radical (unpaired) electrons. The second-order valence-corrected chi connectivity index (χ2v) is 6.60. The molecular formula is C9H20O7S2. The lowest BCUT2D eigenvalue weighted by atomic mass is 10.4. The molecule has 18 heavy (non-hydrogen) atoms. The molecule has 0 rings (SSSR count). The Kier molecular flexibility index (Phi) is 8.70. The zero-order chi connectivity index (χ0) is 14.1. The van der Waals surface area contributed by atoms with Crippen molar-refractivity contribution < 1.29 is 29.4 Å². The Labute approximate surface area is 109 Å². The van der Waals surface area contributed by atoms with Crippen molar-refractivity contribution in [3.05, 3.63) is 0 Å². The lowest BCUT2D eigenvalue weighted by Crippen LogP contribution is -2.17. The van der Waals surface area contributed by atoms with Crippen LogP contribution < -0.4 is 0 Å². The van der Waals surface area contributed by atoms with E-state index in [1.807, 2.05) is 13.8 Å². The third-order valence-electron chi connectivity index (χ3n) is 1.89. The fourth-order valence-electron chi connectivity index (χ4n) is 0.871. The smallest absolute Gasteiger partial charge is 0.248 e. The molecule has 0 aromatic carbocycles. The second kappa shape index (κ2) is 8.81. The first-order chi connectivity index (χ1) is 8.33. The monoisotopic (exact) mass is 304 g/mol. The van der Waals surface area contributed by atoms with E-state index < -0.39 is 27.3 Å². The molecule has 110 valence electrons. The molecule has 0 amide bonds. The maximum Gasteiger partial charge on any atom is 0.402 e. The predicted octanol–water partition coefficient (Wildman–Crippen LogP) is 1.17. The molecule has 0 fully saturated rings. The van der Waals surface area contributed by atoms with Gasteiger partial charge in [-0.05, 0) is 12.8 Å². The first-order valence-corrected chi connectivity index (χ1v) is 8.65. The molecule has 0 aliphatic carbocycles. The molecule has 0 aromatic rings. The van der Waals surface area contributed by atoms with Gasteiger partial charge in [-0.1, -0.05) is 26.7 Å². The quantitative estimate of drug-likeness (QED) is 0.321. The summed E-state index contributed by atoms with van der Waals surface area (Å²) in [6.07, 6.45) is 2.49. The van der Waals surface area contributed by atoms with Crippen molar-refractivity contribution in [2.45, 2.75) is 39.5 Å². The molecule has 0 unspecified atom stereocenters. The summed E-state index contributed by atoms with van der Waals surface area (Å²) in [6.45, 7) is 2.82. The van der Waals surface area contributed by atoms with Crippen LogP contribution in [0.5, 0.6) is 0 Å². The summed E-state index contributed by atoms with van der Waals surface area (Å²) in [6, 6.07) is 0. The maximum absolute atomic E-state index is 11.2. The predicted molar refractivity (Wildman–Crippen MR) is 65.5 cm³/mol. The summed E-state index contributed by atoms with van der Waals surface area (Å²) in [7, 11) is -7.92. The van der Waals surface area contributed by atoms with Crippen LogP contribution in [0.3, 0.4) is 0 Å². The molecule has 0 aromatic heterocycles. The molecule has 0 bridgehead atoms. The van der Waals surface area contributed by atoms with E-state index in [1.54, 1.807) is 0 Å². The van der Waals surface area contributed by atoms with E-state index in [-0.39, 0.29) is 12.4 Å². The Morgan fingerprint density at radius 2 is 1.44 bits per heavy atom. The molecule has 0 aliphatic rings. The molecule has 0 atom stereocenters. The number of rotatable bonds is 11. The minimum absolute atomic E-state index is 0.00141. The van der Waals surface area contributed by atoms with E-state index in [4.69, 9.17) is 0 Å². The van der Waals surface area contributed by atoms with Crippen LogP contribution in [-0.4, -0.2) is 36.0 Å². The van der Waals surface area contributed by atoms with Gasteiger partial charge < -0.3 is 0 Å². The van der Waals surface area contributed by atoms with Crippen LogP contribution in [0.2, 0.25) is 0 Å². The average Bonchev–Trinajstić information content (AvgIpc) is 2.26. The fraction of sp³-hybridized carbons (Fsp3) is 1.00. The van der Waals surface area contributed by atoms with Gasteiger partial charge in [-0.25, -0.2) is 12.5 Å². The van der Waals surface area contributed by atoms with Crippen molar-refractivity contribution in [1.82, 2.24) is 0 Å². The van der Waals surface area contributed by atoms with Crippen LogP contribution in [0.4, 0.5) is 0 Å². The van der Waals surface area contributed by atoms with Crippen LogP contribution in [-0.2, 0) is 33.1 Å². The third kappa shape index (κ3) is 9.77. The molecule has 9 heteroatoms.